The maximum atomic E-state index is 5.82. The number of rotatable bonds is 5. The number of halogens is 1. The SMILES string of the molecule is CC(Nc1cc2cc(-c3cnc(N)s3)ccc2cn1)c1ccc(I)c(N2CCN(C)CC2)c1. The molecule has 2 aromatic carbocycles. The Labute approximate surface area is 212 Å². The second-order valence-electron chi connectivity index (χ2n) is 8.56. The highest BCUT2D eigenvalue weighted by molar-refractivity contribution is 14.1. The van der Waals surface area contributed by atoms with Gasteiger partial charge in [0.05, 0.1) is 16.6 Å². The van der Waals surface area contributed by atoms with E-state index >= 15 is 0 Å². The van der Waals surface area contributed by atoms with Crippen LogP contribution in [0.5, 0.6) is 0 Å². The van der Waals surface area contributed by atoms with Crippen molar-refractivity contribution in [3.05, 3.63) is 64.0 Å². The van der Waals surface area contributed by atoms with Crippen molar-refractivity contribution in [2.24, 2.45) is 0 Å². The van der Waals surface area contributed by atoms with Gasteiger partial charge < -0.3 is 20.9 Å². The molecule has 1 saturated heterocycles. The van der Waals surface area contributed by atoms with Crippen molar-refractivity contribution in [2.45, 2.75) is 13.0 Å². The summed E-state index contributed by atoms with van der Waals surface area (Å²) in [4.78, 5) is 14.8. The van der Waals surface area contributed by atoms with Gasteiger partial charge in [-0.25, -0.2) is 9.97 Å². The third kappa shape index (κ3) is 4.92. The van der Waals surface area contributed by atoms with E-state index in [1.165, 1.54) is 26.2 Å². The lowest BCUT2D eigenvalue weighted by Crippen LogP contribution is -2.44. The molecule has 1 aliphatic rings. The quantitative estimate of drug-likeness (QED) is 0.310. The minimum absolute atomic E-state index is 0.141. The van der Waals surface area contributed by atoms with Gasteiger partial charge in [0.25, 0.3) is 0 Å². The van der Waals surface area contributed by atoms with Gasteiger partial charge in [-0.2, -0.15) is 0 Å². The van der Waals surface area contributed by atoms with E-state index in [2.05, 4.69) is 104 Å². The van der Waals surface area contributed by atoms with E-state index in [9.17, 15) is 0 Å². The maximum Gasteiger partial charge on any atom is 0.180 e. The van der Waals surface area contributed by atoms with Gasteiger partial charge in [-0.15, -0.1) is 0 Å². The van der Waals surface area contributed by atoms with Crippen LogP contribution in [-0.4, -0.2) is 48.1 Å². The van der Waals surface area contributed by atoms with Crippen molar-refractivity contribution in [2.75, 3.05) is 49.2 Å². The monoisotopic (exact) mass is 570 g/mol. The second-order valence-corrected chi connectivity index (χ2v) is 10.8. The van der Waals surface area contributed by atoms with Gasteiger partial charge in [0.1, 0.15) is 5.82 Å². The van der Waals surface area contributed by atoms with Crippen LogP contribution in [0.15, 0.2) is 54.9 Å². The topological polar surface area (TPSA) is 70.3 Å². The summed E-state index contributed by atoms with van der Waals surface area (Å²) in [5.41, 5.74) is 9.53. The largest absolute Gasteiger partial charge is 0.375 e. The summed E-state index contributed by atoms with van der Waals surface area (Å²) in [5.74, 6) is 0.871. The number of hydrogen-bond acceptors (Lipinski definition) is 7. The molecule has 5 rings (SSSR count). The average Bonchev–Trinajstić information content (AvgIpc) is 3.26. The molecular weight excluding hydrogens is 543 g/mol. The number of nitrogens with zero attached hydrogens (tertiary/aromatic N) is 4. The molecule has 0 saturated carbocycles. The van der Waals surface area contributed by atoms with Crippen LogP contribution in [0.2, 0.25) is 0 Å². The van der Waals surface area contributed by atoms with E-state index in [0.717, 1.165) is 53.2 Å². The molecule has 1 atom stereocenters. The molecule has 3 N–H and O–H groups in total. The molecule has 0 bridgehead atoms. The van der Waals surface area contributed by atoms with Gasteiger partial charge in [0.15, 0.2) is 5.13 Å². The smallest absolute Gasteiger partial charge is 0.180 e. The van der Waals surface area contributed by atoms with Gasteiger partial charge in [-0.05, 0) is 77.3 Å². The van der Waals surface area contributed by atoms with Crippen molar-refractivity contribution in [3.63, 3.8) is 0 Å². The predicted molar refractivity (Wildman–Crippen MR) is 148 cm³/mol. The Morgan fingerprint density at radius 3 is 2.58 bits per heavy atom. The number of nitrogen functional groups attached to an aromatic ring is 1. The summed E-state index contributed by atoms with van der Waals surface area (Å²) in [6.07, 6.45) is 3.76. The molecule has 1 fully saturated rings. The molecule has 3 heterocycles. The Kier molecular flexibility index (Phi) is 6.40. The molecule has 0 spiro atoms. The maximum absolute atomic E-state index is 5.82. The lowest BCUT2D eigenvalue weighted by Gasteiger charge is -2.35. The number of benzene rings is 2. The number of aromatic nitrogens is 2. The van der Waals surface area contributed by atoms with Crippen LogP contribution in [0, 0.1) is 3.57 Å². The summed E-state index contributed by atoms with van der Waals surface area (Å²) in [6.45, 7) is 6.53. The number of piperazine rings is 1. The summed E-state index contributed by atoms with van der Waals surface area (Å²) in [7, 11) is 2.19. The summed E-state index contributed by atoms with van der Waals surface area (Å²) in [5, 5.41) is 6.44. The van der Waals surface area contributed by atoms with E-state index in [1.807, 2.05) is 12.4 Å². The van der Waals surface area contributed by atoms with Crippen LogP contribution in [0.4, 0.5) is 16.6 Å². The third-order valence-electron chi connectivity index (χ3n) is 6.21. The average molecular weight is 571 g/mol. The summed E-state index contributed by atoms with van der Waals surface area (Å²) < 4.78 is 1.30. The number of thiazole rings is 1. The molecule has 4 aromatic rings. The zero-order chi connectivity index (χ0) is 22.9. The van der Waals surface area contributed by atoms with Crippen molar-refractivity contribution in [1.82, 2.24) is 14.9 Å². The number of hydrogen-bond donors (Lipinski definition) is 2. The fourth-order valence-electron chi connectivity index (χ4n) is 4.19. The first-order chi connectivity index (χ1) is 16.0. The Bertz CT molecular complexity index is 1280. The molecule has 1 aliphatic heterocycles. The molecule has 1 unspecified atom stereocenters. The van der Waals surface area contributed by atoms with Crippen molar-refractivity contribution in [3.8, 4) is 10.4 Å². The third-order valence-corrected chi connectivity index (χ3v) is 8.00. The van der Waals surface area contributed by atoms with Crippen molar-refractivity contribution >= 4 is 61.3 Å². The van der Waals surface area contributed by atoms with Crippen LogP contribution in [0.1, 0.15) is 18.5 Å². The predicted octanol–water partition coefficient (Wildman–Crippen LogP) is 5.47. The van der Waals surface area contributed by atoms with Crippen LogP contribution >= 0.6 is 33.9 Å². The molecular formula is C25H27IN6S. The van der Waals surface area contributed by atoms with E-state index in [-0.39, 0.29) is 6.04 Å². The first-order valence-corrected chi connectivity index (χ1v) is 13.0. The highest BCUT2D eigenvalue weighted by Crippen LogP contribution is 2.32. The number of nitrogens with one attached hydrogen (secondary N) is 1. The molecule has 33 heavy (non-hydrogen) atoms. The number of nitrogens with two attached hydrogens (primary N) is 1. The number of fused-ring (bicyclic) bond motifs is 1. The Morgan fingerprint density at radius 2 is 1.82 bits per heavy atom. The van der Waals surface area contributed by atoms with Gasteiger partial charge in [0.2, 0.25) is 0 Å². The Hall–Kier alpha value is -2.43. The van der Waals surface area contributed by atoms with E-state index in [4.69, 9.17) is 5.73 Å². The normalized spacial score (nSPS) is 15.7. The van der Waals surface area contributed by atoms with Crippen molar-refractivity contribution < 1.29 is 0 Å². The van der Waals surface area contributed by atoms with Gasteiger partial charge >= 0.3 is 0 Å². The van der Waals surface area contributed by atoms with E-state index < -0.39 is 0 Å². The number of likely N-dealkylation sites (N-methyl/N-ethyl adjacent to an activating group) is 1. The fourth-order valence-corrected chi connectivity index (χ4v) is 5.55. The lowest BCUT2D eigenvalue weighted by molar-refractivity contribution is 0.312. The number of pyridine rings is 1. The van der Waals surface area contributed by atoms with E-state index in [0.29, 0.717) is 5.13 Å². The minimum atomic E-state index is 0.141. The molecule has 0 aliphatic carbocycles. The van der Waals surface area contributed by atoms with Crippen LogP contribution < -0.4 is 16.0 Å². The Balaban J connectivity index is 1.37. The highest BCUT2D eigenvalue weighted by atomic mass is 127. The summed E-state index contributed by atoms with van der Waals surface area (Å²) in [6, 6.07) is 15.4. The molecule has 0 amide bonds. The van der Waals surface area contributed by atoms with Crippen LogP contribution in [0.25, 0.3) is 21.2 Å². The standard InChI is InChI=1S/C25H27IN6S/c1-16(17-5-6-21(26)22(12-17)32-9-7-31(2)8-10-32)30-24-13-20-11-18(3-4-19(20)14-28-24)23-15-29-25(27)33-23/h3-6,11-16H,7-10H2,1-2H3,(H2,27,29)(H,28,30). The van der Waals surface area contributed by atoms with Crippen LogP contribution in [0.3, 0.4) is 0 Å². The minimum Gasteiger partial charge on any atom is -0.375 e. The molecule has 170 valence electrons. The van der Waals surface area contributed by atoms with Gasteiger partial charge in [-0.1, -0.05) is 29.5 Å². The molecule has 0 radical (unpaired) electrons. The Morgan fingerprint density at radius 1 is 1.00 bits per heavy atom. The zero-order valence-corrected chi connectivity index (χ0v) is 21.7. The zero-order valence-electron chi connectivity index (χ0n) is 18.8. The fraction of sp³-hybridized carbons (Fsp3) is 0.280. The molecule has 2 aromatic heterocycles. The highest BCUT2D eigenvalue weighted by Gasteiger charge is 2.18. The van der Waals surface area contributed by atoms with Crippen LogP contribution in [-0.2, 0) is 0 Å². The molecule has 6 nitrogen and oxygen atoms in total. The summed E-state index contributed by atoms with van der Waals surface area (Å²) >= 11 is 3.95. The molecule has 8 heteroatoms. The van der Waals surface area contributed by atoms with Gasteiger partial charge in [0, 0.05) is 47.5 Å². The first kappa shape index (κ1) is 22.4. The second kappa shape index (κ2) is 9.44. The van der Waals surface area contributed by atoms with E-state index in [1.54, 1.807) is 0 Å². The number of anilines is 3. The lowest BCUT2D eigenvalue weighted by atomic mass is 10.1. The first-order valence-electron chi connectivity index (χ1n) is 11.1. The van der Waals surface area contributed by atoms with Gasteiger partial charge in [-0.3, -0.25) is 0 Å². The van der Waals surface area contributed by atoms with Crippen molar-refractivity contribution in [1.29, 1.82) is 0 Å².